The van der Waals surface area contributed by atoms with Gasteiger partial charge in [-0.2, -0.15) is 8.42 Å². The van der Waals surface area contributed by atoms with Gasteiger partial charge in [0, 0.05) is 6.42 Å². The van der Waals surface area contributed by atoms with E-state index in [2.05, 4.69) is 0 Å². The Balaban J connectivity index is 2.54. The van der Waals surface area contributed by atoms with Gasteiger partial charge in [0.1, 0.15) is 0 Å². The van der Waals surface area contributed by atoms with Crippen molar-refractivity contribution in [1.82, 2.24) is 0 Å². The zero-order chi connectivity index (χ0) is 14.3. The minimum atomic E-state index is -3.37. The van der Waals surface area contributed by atoms with Crippen LogP contribution in [0.1, 0.15) is 18.1 Å². The van der Waals surface area contributed by atoms with E-state index in [0.717, 1.165) is 17.4 Å². The van der Waals surface area contributed by atoms with Gasteiger partial charge in [-0.25, -0.2) is 0 Å². The van der Waals surface area contributed by atoms with E-state index in [1.165, 1.54) is 0 Å². The van der Waals surface area contributed by atoms with Crippen LogP contribution in [0.3, 0.4) is 0 Å². The van der Waals surface area contributed by atoms with E-state index in [-0.39, 0.29) is 6.61 Å². The molecule has 0 unspecified atom stereocenters. The van der Waals surface area contributed by atoms with Crippen LogP contribution >= 0.6 is 12.2 Å². The Labute approximate surface area is 119 Å². The zero-order valence-electron chi connectivity index (χ0n) is 11.1. The van der Waals surface area contributed by atoms with E-state index >= 15 is 0 Å². The first kappa shape index (κ1) is 16.1. The molecule has 0 spiro atoms. The quantitative estimate of drug-likeness (QED) is 0.570. The van der Waals surface area contributed by atoms with E-state index in [4.69, 9.17) is 21.1 Å². The smallest absolute Gasteiger partial charge is 0.264 e. The molecule has 0 aliphatic heterocycles. The second-order valence-electron chi connectivity index (χ2n) is 4.08. The van der Waals surface area contributed by atoms with Gasteiger partial charge in [-0.05, 0) is 36.7 Å². The van der Waals surface area contributed by atoms with Crippen LogP contribution in [0.15, 0.2) is 24.3 Å². The molecule has 0 heterocycles. The summed E-state index contributed by atoms with van der Waals surface area (Å²) in [6.45, 7) is 2.62. The minimum absolute atomic E-state index is 0.151. The summed E-state index contributed by atoms with van der Waals surface area (Å²) in [5.41, 5.74) is 2.07. The fourth-order valence-electron chi connectivity index (χ4n) is 1.58. The molecule has 106 valence electrons. The Kier molecular flexibility index (Phi) is 6.41. The molecule has 0 aliphatic carbocycles. The average molecular weight is 302 g/mol. The molecule has 0 amide bonds. The molecule has 0 N–H and O–H groups in total. The van der Waals surface area contributed by atoms with Crippen molar-refractivity contribution in [3.63, 3.8) is 0 Å². The molecule has 6 heteroatoms. The zero-order valence-corrected chi connectivity index (χ0v) is 12.7. The van der Waals surface area contributed by atoms with Crippen LogP contribution in [0.5, 0.6) is 0 Å². The van der Waals surface area contributed by atoms with Crippen molar-refractivity contribution in [2.75, 3.05) is 19.5 Å². The average Bonchev–Trinajstić information content (AvgIpc) is 2.28. The van der Waals surface area contributed by atoms with Gasteiger partial charge in [0.05, 0.1) is 19.5 Å². The Hall–Kier alpha value is -0.980. The first-order valence-electron chi connectivity index (χ1n) is 5.98. The van der Waals surface area contributed by atoms with Gasteiger partial charge >= 0.3 is 0 Å². The molecular weight excluding hydrogens is 284 g/mol. The monoisotopic (exact) mass is 302 g/mol. The highest BCUT2D eigenvalue weighted by Crippen LogP contribution is 2.09. The molecule has 1 aromatic carbocycles. The van der Waals surface area contributed by atoms with Crippen LogP contribution in [-0.4, -0.2) is 32.9 Å². The molecular formula is C13H18O4S2. The first-order valence-corrected chi connectivity index (χ1v) is 8.21. The number of hydrogen-bond acceptors (Lipinski definition) is 5. The van der Waals surface area contributed by atoms with Crippen LogP contribution in [0, 0.1) is 0 Å². The molecule has 19 heavy (non-hydrogen) atoms. The van der Waals surface area contributed by atoms with Crippen molar-refractivity contribution in [3.05, 3.63) is 35.4 Å². The minimum Gasteiger partial charge on any atom is -0.487 e. The highest BCUT2D eigenvalue weighted by molar-refractivity contribution is 7.86. The second-order valence-corrected chi connectivity index (χ2v) is 6.18. The van der Waals surface area contributed by atoms with Gasteiger partial charge in [-0.1, -0.05) is 24.3 Å². The maximum Gasteiger partial charge on any atom is 0.264 e. The number of hydrogen-bond donors (Lipinski definition) is 0. The van der Waals surface area contributed by atoms with E-state index in [9.17, 15) is 8.42 Å². The molecule has 0 atom stereocenters. The standard InChI is InChI=1S/C13H18O4S2/c1-3-16-13(18)10-12-6-4-5-11(9-12)7-8-17-19(2,14)15/h4-6,9H,3,7-8,10H2,1-2H3. The largest absolute Gasteiger partial charge is 0.487 e. The van der Waals surface area contributed by atoms with Crippen molar-refractivity contribution < 1.29 is 17.3 Å². The topological polar surface area (TPSA) is 52.6 Å². The molecule has 0 fully saturated rings. The molecule has 1 aromatic rings. The highest BCUT2D eigenvalue weighted by atomic mass is 32.2. The van der Waals surface area contributed by atoms with E-state index in [1.807, 2.05) is 31.2 Å². The third-order valence-corrected chi connectivity index (χ3v) is 3.19. The van der Waals surface area contributed by atoms with Gasteiger partial charge in [-0.15, -0.1) is 0 Å². The van der Waals surface area contributed by atoms with Crippen molar-refractivity contribution >= 4 is 27.4 Å². The van der Waals surface area contributed by atoms with Gasteiger partial charge in [-0.3, -0.25) is 4.18 Å². The summed E-state index contributed by atoms with van der Waals surface area (Å²) in [7, 11) is -3.37. The van der Waals surface area contributed by atoms with E-state index < -0.39 is 10.1 Å². The lowest BCUT2D eigenvalue weighted by Crippen LogP contribution is -2.07. The van der Waals surface area contributed by atoms with Crippen molar-refractivity contribution in [2.24, 2.45) is 0 Å². The summed E-state index contributed by atoms with van der Waals surface area (Å²) in [6, 6.07) is 7.79. The summed E-state index contributed by atoms with van der Waals surface area (Å²) in [5, 5.41) is 0.562. The summed E-state index contributed by atoms with van der Waals surface area (Å²) in [5.74, 6) is 0. The fourth-order valence-corrected chi connectivity index (χ4v) is 2.26. The molecule has 0 bridgehead atoms. The number of thiocarbonyl (C=S) groups is 1. The molecule has 0 saturated heterocycles. The third-order valence-electron chi connectivity index (χ3n) is 2.33. The number of ether oxygens (including phenoxy) is 1. The van der Waals surface area contributed by atoms with Crippen LogP contribution in [0.4, 0.5) is 0 Å². The third kappa shape index (κ3) is 7.25. The maximum atomic E-state index is 10.8. The Morgan fingerprint density at radius 2 is 2.00 bits per heavy atom. The summed E-state index contributed by atoms with van der Waals surface area (Å²) in [6.07, 6.45) is 2.18. The van der Waals surface area contributed by atoms with Crippen LogP contribution in [0.25, 0.3) is 0 Å². The predicted molar refractivity (Wildman–Crippen MR) is 78.9 cm³/mol. The fraction of sp³-hybridized carbons (Fsp3) is 0.462. The van der Waals surface area contributed by atoms with Crippen LogP contribution in [0.2, 0.25) is 0 Å². The second kappa shape index (κ2) is 7.57. The molecule has 0 saturated carbocycles. The maximum absolute atomic E-state index is 10.8. The van der Waals surface area contributed by atoms with Crippen molar-refractivity contribution in [2.45, 2.75) is 19.8 Å². The lowest BCUT2D eigenvalue weighted by atomic mass is 10.1. The Morgan fingerprint density at radius 3 is 2.63 bits per heavy atom. The summed E-state index contributed by atoms with van der Waals surface area (Å²) in [4.78, 5) is 0. The normalized spacial score (nSPS) is 11.3. The van der Waals surface area contributed by atoms with Crippen LogP contribution < -0.4 is 0 Å². The molecule has 0 aromatic heterocycles. The summed E-state index contributed by atoms with van der Waals surface area (Å²) >= 11 is 5.09. The van der Waals surface area contributed by atoms with Gasteiger partial charge in [0.25, 0.3) is 10.1 Å². The van der Waals surface area contributed by atoms with E-state index in [1.54, 1.807) is 0 Å². The number of rotatable bonds is 7. The summed E-state index contributed by atoms with van der Waals surface area (Å²) < 4.78 is 31.7. The van der Waals surface area contributed by atoms with Crippen molar-refractivity contribution in [3.8, 4) is 0 Å². The Bertz CT molecular complexity index is 523. The molecule has 4 nitrogen and oxygen atoms in total. The van der Waals surface area contributed by atoms with Gasteiger partial charge in [0.15, 0.2) is 5.05 Å². The van der Waals surface area contributed by atoms with Gasteiger partial charge < -0.3 is 4.74 Å². The SMILES string of the molecule is CCOC(=S)Cc1cccc(CCOS(C)(=O)=O)c1. The first-order chi connectivity index (χ1) is 8.90. The number of benzene rings is 1. The van der Waals surface area contributed by atoms with Crippen molar-refractivity contribution in [1.29, 1.82) is 0 Å². The molecule has 1 rings (SSSR count). The van der Waals surface area contributed by atoms with Crippen LogP contribution in [-0.2, 0) is 31.9 Å². The molecule has 0 radical (unpaired) electrons. The Morgan fingerprint density at radius 1 is 1.32 bits per heavy atom. The van der Waals surface area contributed by atoms with Gasteiger partial charge in [0.2, 0.25) is 0 Å². The lowest BCUT2D eigenvalue weighted by Gasteiger charge is -2.07. The molecule has 0 aliphatic rings. The lowest BCUT2D eigenvalue weighted by molar-refractivity contribution is 0.326. The predicted octanol–water partition coefficient (Wildman–Crippen LogP) is 2.11. The highest BCUT2D eigenvalue weighted by Gasteiger charge is 2.04. The van der Waals surface area contributed by atoms with E-state index in [0.29, 0.717) is 24.5 Å².